The molecule has 1 atom stereocenters. The van der Waals surface area contributed by atoms with Gasteiger partial charge in [-0.25, -0.2) is 9.97 Å². The Balaban J connectivity index is 1.36. The number of halogens is 1. The maximum atomic E-state index is 12.8. The van der Waals surface area contributed by atoms with E-state index in [1.165, 1.54) is 6.33 Å². The molecule has 0 aliphatic carbocycles. The zero-order valence-electron chi connectivity index (χ0n) is 18.8. The SMILES string of the molecule is CC(C)(C(=O)NCC(N)c1ccc(C(=O)Nc2ccnc3nc[nH]c23)cc1)c1ccc(Cl)cc1. The number of hydrogen-bond donors (Lipinski definition) is 4. The lowest BCUT2D eigenvalue weighted by Gasteiger charge is -2.25. The van der Waals surface area contributed by atoms with E-state index < -0.39 is 11.5 Å². The van der Waals surface area contributed by atoms with Crippen LogP contribution in [-0.2, 0) is 10.2 Å². The second-order valence-corrected chi connectivity index (χ2v) is 8.92. The number of hydrogen-bond acceptors (Lipinski definition) is 5. The van der Waals surface area contributed by atoms with Gasteiger partial charge in [-0.15, -0.1) is 0 Å². The number of aromatic amines is 1. The summed E-state index contributed by atoms with van der Waals surface area (Å²) in [6, 6.07) is 15.5. The van der Waals surface area contributed by atoms with Crippen LogP contribution in [0.2, 0.25) is 5.02 Å². The van der Waals surface area contributed by atoms with Crippen LogP contribution in [0, 0.1) is 0 Å². The molecule has 2 heterocycles. The number of nitrogens with two attached hydrogens (primary N) is 1. The van der Waals surface area contributed by atoms with Gasteiger partial charge in [0.15, 0.2) is 5.65 Å². The molecule has 5 N–H and O–H groups in total. The van der Waals surface area contributed by atoms with E-state index in [9.17, 15) is 9.59 Å². The minimum absolute atomic E-state index is 0.135. The van der Waals surface area contributed by atoms with Gasteiger partial charge in [-0.05, 0) is 55.3 Å². The topological polar surface area (TPSA) is 126 Å². The van der Waals surface area contributed by atoms with E-state index in [1.807, 2.05) is 26.0 Å². The monoisotopic (exact) mass is 476 g/mol. The number of nitrogens with one attached hydrogen (secondary N) is 3. The molecule has 0 bridgehead atoms. The van der Waals surface area contributed by atoms with Gasteiger partial charge in [0.05, 0.1) is 17.4 Å². The molecule has 9 heteroatoms. The van der Waals surface area contributed by atoms with Crippen LogP contribution in [0.25, 0.3) is 11.2 Å². The highest BCUT2D eigenvalue weighted by Gasteiger charge is 2.29. The molecular weight excluding hydrogens is 452 g/mol. The van der Waals surface area contributed by atoms with E-state index in [0.717, 1.165) is 11.1 Å². The number of aromatic nitrogens is 3. The summed E-state index contributed by atoms with van der Waals surface area (Å²) in [6.45, 7) is 3.96. The number of anilines is 1. The van der Waals surface area contributed by atoms with Crippen LogP contribution in [0.1, 0.15) is 41.4 Å². The summed E-state index contributed by atoms with van der Waals surface area (Å²) in [5, 5.41) is 6.41. The molecular formula is C25H25ClN6O2. The van der Waals surface area contributed by atoms with E-state index in [4.69, 9.17) is 17.3 Å². The lowest BCUT2D eigenvalue weighted by Crippen LogP contribution is -2.42. The Labute approximate surface area is 201 Å². The Bertz CT molecular complexity index is 1320. The number of fused-ring (bicyclic) bond motifs is 1. The first-order chi connectivity index (χ1) is 16.3. The molecule has 0 aliphatic rings. The van der Waals surface area contributed by atoms with Crippen LogP contribution in [0.5, 0.6) is 0 Å². The van der Waals surface area contributed by atoms with Gasteiger partial charge in [-0.2, -0.15) is 0 Å². The van der Waals surface area contributed by atoms with E-state index in [-0.39, 0.29) is 18.4 Å². The summed E-state index contributed by atoms with van der Waals surface area (Å²) in [7, 11) is 0. The normalized spacial score (nSPS) is 12.4. The fourth-order valence-corrected chi connectivity index (χ4v) is 3.69. The second-order valence-electron chi connectivity index (χ2n) is 8.48. The molecule has 0 saturated heterocycles. The Morgan fingerprint density at radius 3 is 2.47 bits per heavy atom. The van der Waals surface area contributed by atoms with Crippen LogP contribution in [0.3, 0.4) is 0 Å². The molecule has 4 aromatic rings. The highest BCUT2D eigenvalue weighted by molar-refractivity contribution is 6.30. The van der Waals surface area contributed by atoms with Gasteiger partial charge in [-0.1, -0.05) is 35.9 Å². The standard InChI is InChI=1S/C25H25ClN6O2/c1-25(2,17-7-9-18(26)10-8-17)24(34)29-13-19(27)15-3-5-16(6-4-15)23(33)32-20-11-12-28-22-21(20)30-14-31-22/h3-12,14,19H,13,27H2,1-2H3,(H,29,34)(H2,28,30,31,32,33). The second kappa shape index (κ2) is 9.62. The van der Waals surface area contributed by atoms with Gasteiger partial charge in [0.2, 0.25) is 5.91 Å². The third-order valence-electron chi connectivity index (χ3n) is 5.79. The summed E-state index contributed by atoms with van der Waals surface area (Å²) in [4.78, 5) is 36.7. The van der Waals surface area contributed by atoms with Crippen LogP contribution in [0.4, 0.5) is 5.69 Å². The molecule has 8 nitrogen and oxygen atoms in total. The maximum absolute atomic E-state index is 12.8. The van der Waals surface area contributed by atoms with Crippen LogP contribution < -0.4 is 16.4 Å². The third kappa shape index (κ3) is 4.93. The van der Waals surface area contributed by atoms with Crippen LogP contribution in [0.15, 0.2) is 67.1 Å². The number of benzene rings is 2. The Hall–Kier alpha value is -3.75. The number of carbonyl (C=O) groups excluding carboxylic acids is 2. The third-order valence-corrected chi connectivity index (χ3v) is 6.04. The number of H-pyrrole nitrogens is 1. The Morgan fingerprint density at radius 1 is 1.06 bits per heavy atom. The molecule has 34 heavy (non-hydrogen) atoms. The number of nitrogens with zero attached hydrogens (tertiary/aromatic N) is 2. The van der Waals surface area contributed by atoms with Crippen molar-refractivity contribution in [3.05, 3.63) is 88.8 Å². The predicted octanol–water partition coefficient (Wildman–Crippen LogP) is 3.96. The summed E-state index contributed by atoms with van der Waals surface area (Å²) in [5.74, 6) is -0.399. The summed E-state index contributed by atoms with van der Waals surface area (Å²) in [6.07, 6.45) is 3.11. The zero-order chi connectivity index (χ0) is 24.3. The van der Waals surface area contributed by atoms with Gasteiger partial charge in [0.1, 0.15) is 5.52 Å². The summed E-state index contributed by atoms with van der Waals surface area (Å²) in [5.41, 5.74) is 9.49. The van der Waals surface area contributed by atoms with Gasteiger partial charge >= 0.3 is 0 Å². The Morgan fingerprint density at radius 2 is 1.76 bits per heavy atom. The molecule has 0 radical (unpaired) electrons. The van der Waals surface area contributed by atoms with Crippen molar-refractivity contribution in [2.75, 3.05) is 11.9 Å². The predicted molar refractivity (Wildman–Crippen MR) is 133 cm³/mol. The molecule has 2 aromatic heterocycles. The molecule has 0 spiro atoms. The first-order valence-electron chi connectivity index (χ1n) is 10.7. The van der Waals surface area contributed by atoms with Gasteiger partial charge in [0.25, 0.3) is 5.91 Å². The number of imidazole rings is 1. The van der Waals surface area contributed by atoms with Crippen molar-refractivity contribution in [3.63, 3.8) is 0 Å². The molecule has 2 aromatic carbocycles. The molecule has 0 saturated carbocycles. The first-order valence-corrected chi connectivity index (χ1v) is 11.1. The Kier molecular flexibility index (Phi) is 6.63. The van der Waals surface area contributed by atoms with Crippen molar-refractivity contribution in [1.29, 1.82) is 0 Å². The molecule has 2 amide bonds. The van der Waals surface area contributed by atoms with Crippen molar-refractivity contribution in [1.82, 2.24) is 20.3 Å². The van der Waals surface area contributed by atoms with Crippen molar-refractivity contribution in [2.45, 2.75) is 25.3 Å². The fourth-order valence-electron chi connectivity index (χ4n) is 3.57. The average molecular weight is 477 g/mol. The largest absolute Gasteiger partial charge is 0.353 e. The number of rotatable bonds is 7. The highest BCUT2D eigenvalue weighted by atomic mass is 35.5. The number of amides is 2. The molecule has 0 aliphatic heterocycles. The molecule has 1 unspecified atom stereocenters. The first kappa shape index (κ1) is 23.4. The maximum Gasteiger partial charge on any atom is 0.255 e. The van der Waals surface area contributed by atoms with E-state index in [2.05, 4.69) is 25.6 Å². The van der Waals surface area contributed by atoms with Crippen LogP contribution >= 0.6 is 11.6 Å². The minimum atomic E-state index is -0.737. The van der Waals surface area contributed by atoms with Gasteiger partial charge < -0.3 is 21.4 Å². The number of carbonyl (C=O) groups is 2. The quantitative estimate of drug-likeness (QED) is 0.321. The summed E-state index contributed by atoms with van der Waals surface area (Å²) < 4.78 is 0. The summed E-state index contributed by atoms with van der Waals surface area (Å²) >= 11 is 5.95. The number of pyridine rings is 1. The molecule has 0 fully saturated rings. The smallest absolute Gasteiger partial charge is 0.255 e. The van der Waals surface area contributed by atoms with E-state index in [1.54, 1.807) is 48.7 Å². The zero-order valence-corrected chi connectivity index (χ0v) is 19.6. The van der Waals surface area contributed by atoms with E-state index >= 15 is 0 Å². The van der Waals surface area contributed by atoms with Crippen molar-refractivity contribution in [2.24, 2.45) is 5.73 Å². The van der Waals surface area contributed by atoms with Gasteiger partial charge in [0, 0.05) is 29.4 Å². The molecule has 174 valence electrons. The lowest BCUT2D eigenvalue weighted by atomic mass is 9.83. The van der Waals surface area contributed by atoms with Gasteiger partial charge in [-0.3, -0.25) is 9.59 Å². The van der Waals surface area contributed by atoms with Crippen molar-refractivity contribution >= 4 is 40.3 Å². The highest BCUT2D eigenvalue weighted by Crippen LogP contribution is 2.25. The average Bonchev–Trinajstić information content (AvgIpc) is 3.32. The molecule has 4 rings (SSSR count). The van der Waals surface area contributed by atoms with Crippen molar-refractivity contribution < 1.29 is 9.59 Å². The minimum Gasteiger partial charge on any atom is -0.353 e. The fraction of sp³-hybridized carbons (Fsp3) is 0.200. The van der Waals surface area contributed by atoms with E-state index in [0.29, 0.717) is 27.4 Å². The van der Waals surface area contributed by atoms with Crippen molar-refractivity contribution in [3.8, 4) is 0 Å². The lowest BCUT2D eigenvalue weighted by molar-refractivity contribution is -0.125. The van der Waals surface area contributed by atoms with Crippen LogP contribution in [-0.4, -0.2) is 33.3 Å².